The fraction of sp³-hybridized carbons (Fsp3) is 0.667. The van der Waals surface area contributed by atoms with Gasteiger partial charge < -0.3 is 4.90 Å². The summed E-state index contributed by atoms with van der Waals surface area (Å²) in [7, 11) is 4.36. The maximum Gasteiger partial charge on any atom is 0.0187 e. The van der Waals surface area contributed by atoms with E-state index in [-0.39, 0.29) is 0 Å². The molecule has 0 aromatic carbocycles. The third-order valence-corrected chi connectivity index (χ3v) is 2.74. The fourth-order valence-corrected chi connectivity index (χ4v) is 1.91. The highest BCUT2D eigenvalue weighted by Gasteiger charge is 2.19. The molecule has 1 nitrogen and oxygen atoms in total. The molecule has 1 heteroatoms. The Hall–Kier alpha value is -0.560. The van der Waals surface area contributed by atoms with E-state index in [2.05, 4.69) is 50.2 Å². The second-order valence-corrected chi connectivity index (χ2v) is 4.02. The van der Waals surface area contributed by atoms with Crippen molar-refractivity contribution in [3.8, 4) is 0 Å². The van der Waals surface area contributed by atoms with Crippen LogP contribution < -0.4 is 0 Å². The summed E-state index contributed by atoms with van der Waals surface area (Å²) in [6.45, 7) is 2.26. The predicted octanol–water partition coefficient (Wildman–Crippen LogP) is 2.85. The molecule has 0 bridgehead atoms. The zero-order valence-corrected chi connectivity index (χ0v) is 9.03. The zero-order chi connectivity index (χ0) is 9.68. The Kier molecular flexibility index (Phi) is 4.23. The molecular formula is C12H21N. The van der Waals surface area contributed by atoms with Crippen LogP contribution in [0.1, 0.15) is 26.2 Å². The molecule has 13 heavy (non-hydrogen) atoms. The minimum atomic E-state index is 0.640. The number of unbranched alkanes of at least 4 members (excludes halogenated alkanes) is 1. The molecule has 1 aliphatic carbocycles. The second kappa shape index (κ2) is 5.23. The van der Waals surface area contributed by atoms with Crippen LogP contribution in [0.4, 0.5) is 0 Å². The molecule has 1 unspecified atom stereocenters. The summed E-state index contributed by atoms with van der Waals surface area (Å²) < 4.78 is 0. The van der Waals surface area contributed by atoms with Gasteiger partial charge in [0.05, 0.1) is 0 Å². The minimum absolute atomic E-state index is 0.640. The first-order valence-corrected chi connectivity index (χ1v) is 5.27. The highest BCUT2D eigenvalue weighted by molar-refractivity contribution is 5.19. The molecule has 0 aromatic rings. The summed E-state index contributed by atoms with van der Waals surface area (Å²) in [6, 6.07) is 0.690. The van der Waals surface area contributed by atoms with Crippen LogP contribution in [0.3, 0.4) is 0 Å². The van der Waals surface area contributed by atoms with Crippen molar-refractivity contribution in [1.82, 2.24) is 4.90 Å². The SMILES string of the molecule is CCCCC(C1C=CC=C1)N(C)C. The minimum Gasteiger partial charge on any atom is -0.306 e. The first kappa shape index (κ1) is 10.5. The molecule has 1 atom stereocenters. The molecule has 1 aliphatic rings. The van der Waals surface area contributed by atoms with Gasteiger partial charge in [0.2, 0.25) is 0 Å². The van der Waals surface area contributed by atoms with Crippen LogP contribution in [0, 0.1) is 5.92 Å². The average molecular weight is 179 g/mol. The molecule has 1 rings (SSSR count). The molecule has 0 N–H and O–H groups in total. The third kappa shape index (κ3) is 3.00. The van der Waals surface area contributed by atoms with Crippen molar-refractivity contribution >= 4 is 0 Å². The lowest BCUT2D eigenvalue weighted by Gasteiger charge is -2.28. The van der Waals surface area contributed by atoms with Crippen LogP contribution in [0.25, 0.3) is 0 Å². The van der Waals surface area contributed by atoms with E-state index in [1.165, 1.54) is 19.3 Å². The zero-order valence-electron chi connectivity index (χ0n) is 9.03. The van der Waals surface area contributed by atoms with Crippen LogP contribution in [0.2, 0.25) is 0 Å². The van der Waals surface area contributed by atoms with Gasteiger partial charge in [-0.05, 0) is 20.5 Å². The highest BCUT2D eigenvalue weighted by atomic mass is 15.1. The van der Waals surface area contributed by atoms with E-state index in [0.29, 0.717) is 12.0 Å². The van der Waals surface area contributed by atoms with Crippen molar-refractivity contribution < 1.29 is 0 Å². The van der Waals surface area contributed by atoms with Gasteiger partial charge in [0.1, 0.15) is 0 Å². The molecule has 0 aliphatic heterocycles. The Balaban J connectivity index is 2.46. The van der Waals surface area contributed by atoms with E-state index in [9.17, 15) is 0 Å². The Labute approximate surface area is 82.1 Å². The number of hydrogen-bond donors (Lipinski definition) is 0. The molecule has 0 saturated heterocycles. The van der Waals surface area contributed by atoms with Gasteiger partial charge in [-0.3, -0.25) is 0 Å². The normalized spacial score (nSPS) is 18.8. The van der Waals surface area contributed by atoms with Gasteiger partial charge >= 0.3 is 0 Å². The maximum atomic E-state index is 2.35. The number of rotatable bonds is 5. The van der Waals surface area contributed by atoms with Crippen LogP contribution in [-0.4, -0.2) is 25.0 Å². The molecule has 0 saturated carbocycles. The summed E-state index contributed by atoms with van der Waals surface area (Å²) in [5.74, 6) is 0.640. The van der Waals surface area contributed by atoms with E-state index in [0.717, 1.165) is 0 Å². The van der Waals surface area contributed by atoms with Gasteiger partial charge in [0.15, 0.2) is 0 Å². The van der Waals surface area contributed by atoms with Crippen molar-refractivity contribution in [2.45, 2.75) is 32.2 Å². The monoisotopic (exact) mass is 179 g/mol. The Morgan fingerprint density at radius 2 is 1.85 bits per heavy atom. The third-order valence-electron chi connectivity index (χ3n) is 2.74. The molecule has 0 spiro atoms. The summed E-state index contributed by atoms with van der Waals surface area (Å²) in [4.78, 5) is 2.35. The topological polar surface area (TPSA) is 3.24 Å². The van der Waals surface area contributed by atoms with Crippen LogP contribution in [0.15, 0.2) is 24.3 Å². The molecular weight excluding hydrogens is 158 g/mol. The van der Waals surface area contributed by atoms with Crippen molar-refractivity contribution in [3.63, 3.8) is 0 Å². The smallest absolute Gasteiger partial charge is 0.0187 e. The molecule has 0 radical (unpaired) electrons. The summed E-state index contributed by atoms with van der Waals surface area (Å²) >= 11 is 0. The second-order valence-electron chi connectivity index (χ2n) is 4.02. The standard InChI is InChI=1S/C12H21N/c1-4-5-10-12(13(2)3)11-8-6-7-9-11/h6-9,11-12H,4-5,10H2,1-3H3. The lowest BCUT2D eigenvalue weighted by atomic mass is 9.95. The van der Waals surface area contributed by atoms with Crippen LogP contribution in [-0.2, 0) is 0 Å². The molecule has 0 aromatic heterocycles. The van der Waals surface area contributed by atoms with Crippen molar-refractivity contribution in [2.24, 2.45) is 5.92 Å². The average Bonchev–Trinajstić information content (AvgIpc) is 2.57. The largest absolute Gasteiger partial charge is 0.306 e. The van der Waals surface area contributed by atoms with Gasteiger partial charge in [-0.15, -0.1) is 0 Å². The van der Waals surface area contributed by atoms with E-state index >= 15 is 0 Å². The van der Waals surface area contributed by atoms with Crippen molar-refractivity contribution in [2.75, 3.05) is 14.1 Å². The van der Waals surface area contributed by atoms with Crippen LogP contribution in [0.5, 0.6) is 0 Å². The molecule has 74 valence electrons. The Morgan fingerprint density at radius 1 is 1.23 bits per heavy atom. The van der Waals surface area contributed by atoms with Crippen molar-refractivity contribution in [3.05, 3.63) is 24.3 Å². The Bertz CT molecular complexity index is 179. The van der Waals surface area contributed by atoms with Gasteiger partial charge in [-0.2, -0.15) is 0 Å². The van der Waals surface area contributed by atoms with E-state index in [1.54, 1.807) is 0 Å². The fourth-order valence-electron chi connectivity index (χ4n) is 1.91. The number of hydrogen-bond acceptors (Lipinski definition) is 1. The van der Waals surface area contributed by atoms with Crippen LogP contribution >= 0.6 is 0 Å². The lowest BCUT2D eigenvalue weighted by Crippen LogP contribution is -2.33. The first-order chi connectivity index (χ1) is 6.25. The van der Waals surface area contributed by atoms with Gasteiger partial charge in [0.25, 0.3) is 0 Å². The quantitative estimate of drug-likeness (QED) is 0.627. The molecule has 0 heterocycles. The Morgan fingerprint density at radius 3 is 2.31 bits per heavy atom. The van der Waals surface area contributed by atoms with Crippen molar-refractivity contribution in [1.29, 1.82) is 0 Å². The van der Waals surface area contributed by atoms with E-state index in [4.69, 9.17) is 0 Å². The number of allylic oxidation sites excluding steroid dienone is 2. The molecule has 0 fully saturated rings. The highest BCUT2D eigenvalue weighted by Crippen LogP contribution is 2.21. The maximum absolute atomic E-state index is 2.35. The van der Waals surface area contributed by atoms with Gasteiger partial charge in [-0.1, -0.05) is 44.1 Å². The summed E-state index contributed by atoms with van der Waals surface area (Å²) in [6.07, 6.45) is 12.9. The van der Waals surface area contributed by atoms with Gasteiger partial charge in [-0.25, -0.2) is 0 Å². The summed E-state index contributed by atoms with van der Waals surface area (Å²) in [5, 5.41) is 0. The van der Waals surface area contributed by atoms with E-state index < -0.39 is 0 Å². The first-order valence-electron chi connectivity index (χ1n) is 5.27. The van der Waals surface area contributed by atoms with E-state index in [1.807, 2.05) is 0 Å². The van der Waals surface area contributed by atoms with Gasteiger partial charge in [0, 0.05) is 12.0 Å². The summed E-state index contributed by atoms with van der Waals surface area (Å²) in [5.41, 5.74) is 0. The molecule has 0 amide bonds. The number of nitrogens with zero attached hydrogens (tertiary/aromatic N) is 1. The lowest BCUT2D eigenvalue weighted by molar-refractivity contribution is 0.243. The predicted molar refractivity (Wildman–Crippen MR) is 58.8 cm³/mol.